The number of pyridine rings is 1. The summed E-state index contributed by atoms with van der Waals surface area (Å²) in [6.07, 6.45) is 1.50. The fourth-order valence-electron chi connectivity index (χ4n) is 1.68. The van der Waals surface area contributed by atoms with Gasteiger partial charge in [0.1, 0.15) is 23.3 Å². The number of anilines is 1. The Morgan fingerprint density at radius 1 is 1.32 bits per heavy atom. The van der Waals surface area contributed by atoms with Gasteiger partial charge in [-0.25, -0.2) is 13.8 Å². The van der Waals surface area contributed by atoms with Gasteiger partial charge < -0.3 is 5.32 Å². The van der Waals surface area contributed by atoms with E-state index in [9.17, 15) is 8.78 Å². The first-order valence-electron chi connectivity index (χ1n) is 5.66. The minimum Gasteiger partial charge on any atom is -0.376 e. The van der Waals surface area contributed by atoms with E-state index in [0.29, 0.717) is 11.1 Å². The molecule has 2 aromatic rings. The van der Waals surface area contributed by atoms with Gasteiger partial charge in [0, 0.05) is 18.3 Å². The Hall–Kier alpha value is -2.48. The first-order valence-corrected chi connectivity index (χ1v) is 5.66. The van der Waals surface area contributed by atoms with E-state index in [-0.39, 0.29) is 17.9 Å². The van der Waals surface area contributed by atoms with Crippen molar-refractivity contribution in [3.8, 4) is 6.07 Å². The van der Waals surface area contributed by atoms with E-state index >= 15 is 0 Å². The van der Waals surface area contributed by atoms with Crippen LogP contribution in [-0.2, 0) is 6.54 Å². The van der Waals surface area contributed by atoms with E-state index in [0.717, 1.165) is 0 Å². The van der Waals surface area contributed by atoms with Crippen LogP contribution in [0.4, 0.5) is 14.5 Å². The second-order valence-corrected chi connectivity index (χ2v) is 4.03. The van der Waals surface area contributed by atoms with Crippen LogP contribution >= 0.6 is 0 Å². The molecule has 1 N–H and O–H groups in total. The summed E-state index contributed by atoms with van der Waals surface area (Å²) in [4.78, 5) is 3.88. The zero-order valence-corrected chi connectivity index (χ0v) is 10.2. The Morgan fingerprint density at radius 3 is 2.84 bits per heavy atom. The molecule has 0 bridgehead atoms. The lowest BCUT2D eigenvalue weighted by molar-refractivity contribution is 0.582. The van der Waals surface area contributed by atoms with Gasteiger partial charge in [0.05, 0.1) is 0 Å². The number of nitrogens with one attached hydrogen (secondary N) is 1. The molecule has 3 nitrogen and oxygen atoms in total. The lowest BCUT2D eigenvalue weighted by Gasteiger charge is -2.10. The number of halogens is 2. The van der Waals surface area contributed by atoms with Crippen LogP contribution in [0.2, 0.25) is 0 Å². The van der Waals surface area contributed by atoms with E-state index in [1.54, 1.807) is 19.1 Å². The van der Waals surface area contributed by atoms with Crippen LogP contribution < -0.4 is 5.32 Å². The minimum absolute atomic E-state index is 0.133. The average Bonchev–Trinajstić information content (AvgIpc) is 2.43. The van der Waals surface area contributed by atoms with Gasteiger partial charge in [0.15, 0.2) is 5.82 Å². The molecule has 1 heterocycles. The van der Waals surface area contributed by atoms with Gasteiger partial charge in [-0.05, 0) is 24.6 Å². The lowest BCUT2D eigenvalue weighted by Crippen LogP contribution is -2.07. The Kier molecular flexibility index (Phi) is 3.71. The van der Waals surface area contributed by atoms with Crippen LogP contribution in [0.25, 0.3) is 0 Å². The van der Waals surface area contributed by atoms with Gasteiger partial charge in [-0.3, -0.25) is 0 Å². The standard InChI is InChI=1S/C14H11F2N3/c1-9-4-5-11(15)14(13(9)16)19-8-10-3-2-6-18-12(10)7-17/h2-6,19H,8H2,1H3. The fraction of sp³-hybridized carbons (Fsp3) is 0.143. The Labute approximate surface area is 109 Å². The molecule has 19 heavy (non-hydrogen) atoms. The van der Waals surface area contributed by atoms with E-state index < -0.39 is 11.6 Å². The molecular weight excluding hydrogens is 248 g/mol. The number of rotatable bonds is 3. The summed E-state index contributed by atoms with van der Waals surface area (Å²) in [5.41, 5.74) is 0.997. The summed E-state index contributed by atoms with van der Waals surface area (Å²) in [6.45, 7) is 1.69. The summed E-state index contributed by atoms with van der Waals surface area (Å²) in [6, 6.07) is 7.87. The quantitative estimate of drug-likeness (QED) is 0.921. The maximum atomic E-state index is 13.8. The number of nitriles is 1. The first-order chi connectivity index (χ1) is 9.13. The Bertz CT molecular complexity index is 648. The summed E-state index contributed by atoms with van der Waals surface area (Å²) in [5.74, 6) is -1.28. The zero-order chi connectivity index (χ0) is 13.8. The fourth-order valence-corrected chi connectivity index (χ4v) is 1.68. The van der Waals surface area contributed by atoms with Crippen molar-refractivity contribution in [1.82, 2.24) is 4.98 Å². The molecule has 2 rings (SSSR count). The largest absolute Gasteiger partial charge is 0.376 e. The lowest BCUT2D eigenvalue weighted by atomic mass is 10.1. The highest BCUT2D eigenvalue weighted by Crippen LogP contribution is 2.22. The SMILES string of the molecule is Cc1ccc(F)c(NCc2cccnc2C#N)c1F. The monoisotopic (exact) mass is 259 g/mol. The van der Waals surface area contributed by atoms with E-state index in [4.69, 9.17) is 5.26 Å². The van der Waals surface area contributed by atoms with Crippen molar-refractivity contribution in [1.29, 1.82) is 5.26 Å². The number of aromatic nitrogens is 1. The van der Waals surface area contributed by atoms with E-state index in [2.05, 4.69) is 10.3 Å². The molecule has 0 aliphatic carbocycles. The Balaban J connectivity index is 2.25. The molecule has 0 saturated heterocycles. The van der Waals surface area contributed by atoms with Crippen molar-refractivity contribution in [3.63, 3.8) is 0 Å². The van der Waals surface area contributed by atoms with Crippen LogP contribution in [0.3, 0.4) is 0 Å². The summed E-state index contributed by atoms with van der Waals surface area (Å²) in [5, 5.41) is 11.6. The van der Waals surface area contributed by atoms with Crippen LogP contribution in [0, 0.1) is 29.9 Å². The molecule has 0 fully saturated rings. The topological polar surface area (TPSA) is 48.7 Å². The second-order valence-electron chi connectivity index (χ2n) is 4.03. The molecule has 0 radical (unpaired) electrons. The number of hydrogen-bond donors (Lipinski definition) is 1. The van der Waals surface area contributed by atoms with Crippen LogP contribution in [-0.4, -0.2) is 4.98 Å². The molecule has 0 unspecified atom stereocenters. The maximum absolute atomic E-state index is 13.8. The molecule has 1 aromatic heterocycles. The normalized spacial score (nSPS) is 10.0. The third-order valence-corrected chi connectivity index (χ3v) is 2.74. The number of nitrogens with zero attached hydrogens (tertiary/aromatic N) is 2. The molecular formula is C14H11F2N3. The average molecular weight is 259 g/mol. The number of aryl methyl sites for hydroxylation is 1. The van der Waals surface area contributed by atoms with Gasteiger partial charge in [-0.2, -0.15) is 5.26 Å². The minimum atomic E-state index is -0.662. The third kappa shape index (κ3) is 2.68. The van der Waals surface area contributed by atoms with Gasteiger partial charge >= 0.3 is 0 Å². The van der Waals surface area contributed by atoms with Gasteiger partial charge in [0.2, 0.25) is 0 Å². The summed E-state index contributed by atoms with van der Waals surface area (Å²) >= 11 is 0. The van der Waals surface area contributed by atoms with Crippen LogP contribution in [0.5, 0.6) is 0 Å². The highest BCUT2D eigenvalue weighted by atomic mass is 19.1. The van der Waals surface area contributed by atoms with Crippen molar-refractivity contribution in [3.05, 3.63) is 58.9 Å². The van der Waals surface area contributed by atoms with Crippen LogP contribution in [0.1, 0.15) is 16.8 Å². The summed E-state index contributed by atoms with van der Waals surface area (Å²) in [7, 11) is 0. The van der Waals surface area contributed by atoms with Gasteiger partial charge in [-0.15, -0.1) is 0 Å². The molecule has 0 amide bonds. The van der Waals surface area contributed by atoms with Crippen molar-refractivity contribution < 1.29 is 8.78 Å². The Morgan fingerprint density at radius 2 is 2.11 bits per heavy atom. The number of hydrogen-bond acceptors (Lipinski definition) is 3. The van der Waals surface area contributed by atoms with Crippen molar-refractivity contribution in [2.75, 3.05) is 5.32 Å². The molecule has 0 spiro atoms. The van der Waals surface area contributed by atoms with Crippen LogP contribution in [0.15, 0.2) is 30.5 Å². The zero-order valence-electron chi connectivity index (χ0n) is 10.2. The molecule has 5 heteroatoms. The molecule has 96 valence electrons. The predicted octanol–water partition coefficient (Wildman–Crippen LogP) is 3.15. The van der Waals surface area contributed by atoms with Gasteiger partial charge in [-0.1, -0.05) is 12.1 Å². The molecule has 0 aliphatic rings. The predicted molar refractivity (Wildman–Crippen MR) is 67.4 cm³/mol. The maximum Gasteiger partial charge on any atom is 0.152 e. The second kappa shape index (κ2) is 5.44. The third-order valence-electron chi connectivity index (χ3n) is 2.74. The van der Waals surface area contributed by atoms with E-state index in [1.165, 1.54) is 18.3 Å². The molecule has 0 saturated carbocycles. The smallest absolute Gasteiger partial charge is 0.152 e. The van der Waals surface area contributed by atoms with Crippen molar-refractivity contribution in [2.24, 2.45) is 0 Å². The van der Waals surface area contributed by atoms with Crippen molar-refractivity contribution in [2.45, 2.75) is 13.5 Å². The van der Waals surface area contributed by atoms with E-state index in [1.807, 2.05) is 6.07 Å². The number of benzene rings is 1. The van der Waals surface area contributed by atoms with Crippen molar-refractivity contribution >= 4 is 5.69 Å². The first kappa shape index (κ1) is 13.0. The van der Waals surface area contributed by atoms with Gasteiger partial charge in [0.25, 0.3) is 0 Å². The highest BCUT2D eigenvalue weighted by Gasteiger charge is 2.11. The molecule has 0 aliphatic heterocycles. The molecule has 0 atom stereocenters. The highest BCUT2D eigenvalue weighted by molar-refractivity contribution is 5.49. The molecule has 1 aromatic carbocycles. The summed E-state index contributed by atoms with van der Waals surface area (Å²) < 4.78 is 27.3.